The van der Waals surface area contributed by atoms with E-state index in [1.54, 1.807) is 14.2 Å². The third-order valence-electron chi connectivity index (χ3n) is 4.88. The summed E-state index contributed by atoms with van der Waals surface area (Å²) in [4.78, 5) is 4.32. The monoisotopic (exact) mass is 505 g/mol. The Morgan fingerprint density at radius 1 is 1.32 bits per heavy atom. The van der Waals surface area contributed by atoms with E-state index in [0.29, 0.717) is 5.92 Å². The second-order valence-electron chi connectivity index (χ2n) is 7.09. The van der Waals surface area contributed by atoms with Crippen LogP contribution in [-0.2, 0) is 9.47 Å². The molecule has 0 bridgehead atoms. The van der Waals surface area contributed by atoms with Crippen molar-refractivity contribution in [3.63, 3.8) is 0 Å². The van der Waals surface area contributed by atoms with Gasteiger partial charge in [-0.15, -0.1) is 24.0 Å². The van der Waals surface area contributed by atoms with Crippen LogP contribution in [0.5, 0.6) is 5.75 Å². The van der Waals surface area contributed by atoms with Crippen LogP contribution >= 0.6 is 24.0 Å². The lowest BCUT2D eigenvalue weighted by Gasteiger charge is -2.22. The number of hydrogen-bond donors (Lipinski definition) is 2. The quantitative estimate of drug-likeness (QED) is 0.232. The lowest BCUT2D eigenvalue weighted by atomic mass is 10.0. The van der Waals surface area contributed by atoms with Gasteiger partial charge in [0.25, 0.3) is 0 Å². The molecule has 160 valence electrons. The molecule has 28 heavy (non-hydrogen) atoms. The first-order valence-electron chi connectivity index (χ1n) is 9.91. The summed E-state index contributed by atoms with van der Waals surface area (Å²) < 4.78 is 16.7. The molecule has 1 saturated heterocycles. The van der Waals surface area contributed by atoms with Crippen molar-refractivity contribution in [3.8, 4) is 5.75 Å². The van der Waals surface area contributed by atoms with Gasteiger partial charge in [0.15, 0.2) is 5.96 Å². The van der Waals surface area contributed by atoms with Crippen LogP contribution in [0.25, 0.3) is 0 Å². The standard InChI is InChI=1S/C21H35N3O3.HI/c1-16-6-7-20(25-4)19(14-16)17(2)24-21(22-3)23-10-5-11-27-15-18-8-12-26-13-9-18;/h6-7,14,17-18H,5,8-13,15H2,1-4H3,(H2,22,23,24);1H. The Morgan fingerprint density at radius 2 is 2.07 bits per heavy atom. The highest BCUT2D eigenvalue weighted by Gasteiger charge is 2.14. The number of ether oxygens (including phenoxy) is 3. The Kier molecular flexibility index (Phi) is 12.5. The molecule has 1 unspecified atom stereocenters. The van der Waals surface area contributed by atoms with Gasteiger partial charge >= 0.3 is 0 Å². The fourth-order valence-corrected chi connectivity index (χ4v) is 3.21. The van der Waals surface area contributed by atoms with Gasteiger partial charge in [0.2, 0.25) is 0 Å². The van der Waals surface area contributed by atoms with Gasteiger partial charge in [-0.25, -0.2) is 0 Å². The Morgan fingerprint density at radius 3 is 2.75 bits per heavy atom. The number of aliphatic imine (C=N–C) groups is 1. The van der Waals surface area contributed by atoms with Gasteiger partial charge in [-0.1, -0.05) is 17.7 Å². The average Bonchev–Trinajstić information content (AvgIpc) is 2.70. The number of rotatable bonds is 9. The molecular formula is C21H36IN3O3. The van der Waals surface area contributed by atoms with Crippen molar-refractivity contribution >= 4 is 29.9 Å². The predicted octanol–water partition coefficient (Wildman–Crippen LogP) is 3.68. The molecule has 1 aliphatic heterocycles. The largest absolute Gasteiger partial charge is 0.496 e. The average molecular weight is 505 g/mol. The SMILES string of the molecule is CN=C(NCCCOCC1CCOCC1)NC(C)c1cc(C)ccc1OC.I. The molecule has 1 aromatic rings. The Hall–Kier alpha value is -1.06. The minimum Gasteiger partial charge on any atom is -0.496 e. The molecule has 0 aromatic heterocycles. The lowest BCUT2D eigenvalue weighted by molar-refractivity contribution is 0.0203. The smallest absolute Gasteiger partial charge is 0.191 e. The zero-order valence-corrected chi connectivity index (χ0v) is 20.0. The minimum absolute atomic E-state index is 0. The van der Waals surface area contributed by atoms with Crippen LogP contribution in [0.3, 0.4) is 0 Å². The van der Waals surface area contributed by atoms with Crippen molar-refractivity contribution < 1.29 is 14.2 Å². The molecule has 0 radical (unpaired) electrons. The molecule has 0 aliphatic carbocycles. The second kappa shape index (κ2) is 14.0. The first kappa shape index (κ1) is 25.0. The molecule has 2 rings (SSSR count). The Balaban J connectivity index is 0.00000392. The second-order valence-corrected chi connectivity index (χ2v) is 7.09. The van der Waals surface area contributed by atoms with Gasteiger partial charge in [0.1, 0.15) is 5.75 Å². The number of benzene rings is 1. The van der Waals surface area contributed by atoms with E-state index in [9.17, 15) is 0 Å². The summed E-state index contributed by atoms with van der Waals surface area (Å²) in [5.74, 6) is 2.33. The van der Waals surface area contributed by atoms with Crippen molar-refractivity contribution in [1.29, 1.82) is 0 Å². The number of hydrogen-bond acceptors (Lipinski definition) is 4. The molecule has 0 amide bonds. The fourth-order valence-electron chi connectivity index (χ4n) is 3.21. The molecule has 7 heteroatoms. The van der Waals surface area contributed by atoms with Crippen molar-refractivity contribution in [2.75, 3.05) is 47.1 Å². The van der Waals surface area contributed by atoms with Crippen LogP contribution in [0.4, 0.5) is 0 Å². The van der Waals surface area contributed by atoms with Gasteiger partial charge < -0.3 is 24.8 Å². The van der Waals surface area contributed by atoms with Gasteiger partial charge in [-0.3, -0.25) is 4.99 Å². The summed E-state index contributed by atoms with van der Waals surface area (Å²) in [6, 6.07) is 6.31. The van der Waals surface area contributed by atoms with E-state index in [1.807, 2.05) is 6.07 Å². The van der Waals surface area contributed by atoms with Crippen molar-refractivity contribution in [3.05, 3.63) is 29.3 Å². The summed E-state index contributed by atoms with van der Waals surface area (Å²) >= 11 is 0. The normalized spacial score (nSPS) is 16.2. The molecule has 1 aromatic carbocycles. The van der Waals surface area contributed by atoms with Crippen molar-refractivity contribution in [2.45, 2.75) is 39.2 Å². The summed E-state index contributed by atoms with van der Waals surface area (Å²) in [5, 5.41) is 6.79. The number of nitrogens with one attached hydrogen (secondary N) is 2. The number of methoxy groups -OCH3 is 1. The molecule has 1 heterocycles. The molecule has 0 saturated carbocycles. The molecule has 1 atom stereocenters. The maximum absolute atomic E-state index is 5.81. The first-order chi connectivity index (χ1) is 13.1. The molecule has 6 nitrogen and oxygen atoms in total. The number of guanidine groups is 1. The van der Waals surface area contributed by atoms with E-state index in [4.69, 9.17) is 14.2 Å². The van der Waals surface area contributed by atoms with Crippen molar-refractivity contribution in [2.24, 2.45) is 10.9 Å². The van der Waals surface area contributed by atoms with E-state index >= 15 is 0 Å². The van der Waals surface area contributed by atoms with E-state index in [-0.39, 0.29) is 30.0 Å². The van der Waals surface area contributed by atoms with Gasteiger partial charge in [-0.2, -0.15) is 0 Å². The number of halogens is 1. The van der Waals surface area contributed by atoms with Crippen LogP contribution in [0.15, 0.2) is 23.2 Å². The topological polar surface area (TPSA) is 64.1 Å². The summed E-state index contributed by atoms with van der Waals surface area (Å²) in [7, 11) is 3.49. The maximum atomic E-state index is 5.81. The summed E-state index contributed by atoms with van der Waals surface area (Å²) in [6.07, 6.45) is 3.19. The summed E-state index contributed by atoms with van der Waals surface area (Å²) in [6.45, 7) is 8.39. The molecule has 2 N–H and O–H groups in total. The predicted molar refractivity (Wildman–Crippen MR) is 125 cm³/mol. The number of aryl methyl sites for hydroxylation is 1. The van der Waals surface area contributed by atoms with E-state index in [0.717, 1.165) is 69.5 Å². The van der Waals surface area contributed by atoms with E-state index in [1.165, 1.54) is 5.56 Å². The van der Waals surface area contributed by atoms with Crippen LogP contribution < -0.4 is 15.4 Å². The first-order valence-corrected chi connectivity index (χ1v) is 9.91. The van der Waals surface area contributed by atoms with Gasteiger partial charge in [0.05, 0.1) is 13.2 Å². The molecule has 1 fully saturated rings. The molecular weight excluding hydrogens is 469 g/mol. The third-order valence-corrected chi connectivity index (χ3v) is 4.88. The highest BCUT2D eigenvalue weighted by Crippen LogP contribution is 2.25. The lowest BCUT2D eigenvalue weighted by Crippen LogP contribution is -2.39. The highest BCUT2D eigenvalue weighted by molar-refractivity contribution is 14.0. The molecule has 0 spiro atoms. The maximum Gasteiger partial charge on any atom is 0.191 e. The van der Waals surface area contributed by atoms with Crippen molar-refractivity contribution in [1.82, 2.24) is 10.6 Å². The zero-order chi connectivity index (χ0) is 19.5. The van der Waals surface area contributed by atoms with Crippen LogP contribution in [0.2, 0.25) is 0 Å². The number of nitrogens with zero attached hydrogens (tertiary/aromatic N) is 1. The van der Waals surface area contributed by atoms with Gasteiger partial charge in [0, 0.05) is 45.6 Å². The highest BCUT2D eigenvalue weighted by atomic mass is 127. The van der Waals surface area contributed by atoms with Crippen LogP contribution in [0.1, 0.15) is 43.4 Å². The summed E-state index contributed by atoms with van der Waals surface area (Å²) in [5.41, 5.74) is 2.34. The minimum atomic E-state index is 0. The van der Waals surface area contributed by atoms with Crippen LogP contribution in [-0.4, -0.2) is 53.1 Å². The zero-order valence-electron chi connectivity index (χ0n) is 17.6. The Labute approximate surface area is 186 Å². The van der Waals surface area contributed by atoms with Crippen LogP contribution in [0, 0.1) is 12.8 Å². The molecule has 1 aliphatic rings. The van der Waals surface area contributed by atoms with E-state index in [2.05, 4.69) is 41.6 Å². The van der Waals surface area contributed by atoms with E-state index < -0.39 is 0 Å². The van der Waals surface area contributed by atoms with Gasteiger partial charge in [-0.05, 0) is 45.1 Å². The third kappa shape index (κ3) is 8.53. The Bertz CT molecular complexity index is 592. The fraction of sp³-hybridized carbons (Fsp3) is 0.667.